The Balaban J connectivity index is 1.84. The lowest BCUT2D eigenvalue weighted by molar-refractivity contribution is -0.119. The van der Waals surface area contributed by atoms with Gasteiger partial charge in [0.1, 0.15) is 0 Å². The van der Waals surface area contributed by atoms with Gasteiger partial charge in [0.05, 0.1) is 5.69 Å². The van der Waals surface area contributed by atoms with Gasteiger partial charge in [0.2, 0.25) is 0 Å². The smallest absolute Gasteiger partial charge is 0.258 e. The first-order chi connectivity index (χ1) is 11.0. The van der Waals surface area contributed by atoms with E-state index in [2.05, 4.69) is 0 Å². The van der Waals surface area contributed by atoms with Crippen LogP contribution in [0.25, 0.3) is 11.6 Å². The number of carbonyl (C=O) groups excluding carboxylic acids is 2. The van der Waals surface area contributed by atoms with Gasteiger partial charge in [0, 0.05) is 17.2 Å². The quantitative estimate of drug-likeness (QED) is 0.622. The summed E-state index contributed by atoms with van der Waals surface area (Å²) in [6.45, 7) is 2.01. The molecule has 1 heterocycles. The van der Waals surface area contributed by atoms with Crippen LogP contribution >= 0.6 is 11.6 Å². The van der Waals surface area contributed by atoms with Crippen molar-refractivity contribution in [2.75, 3.05) is 4.90 Å². The van der Waals surface area contributed by atoms with Gasteiger partial charge in [-0.25, -0.2) is 4.90 Å². The van der Waals surface area contributed by atoms with E-state index in [1.165, 1.54) is 12.2 Å². The monoisotopic (exact) mass is 323 g/mol. The van der Waals surface area contributed by atoms with Crippen LogP contribution in [-0.2, 0) is 9.59 Å². The summed E-state index contributed by atoms with van der Waals surface area (Å²) in [5, 5.41) is 0.698. The van der Waals surface area contributed by atoms with E-state index in [0.29, 0.717) is 10.7 Å². The summed E-state index contributed by atoms with van der Waals surface area (Å²) in [5.41, 5.74) is 3.69. The van der Waals surface area contributed by atoms with E-state index in [0.717, 1.165) is 21.6 Å². The molecular formula is C19H14ClNO2. The number of amides is 2. The van der Waals surface area contributed by atoms with Crippen molar-refractivity contribution < 1.29 is 9.59 Å². The third-order valence-corrected chi connectivity index (χ3v) is 3.86. The van der Waals surface area contributed by atoms with Crippen LogP contribution in [0, 0.1) is 0 Å². The Labute approximate surface area is 139 Å². The van der Waals surface area contributed by atoms with E-state index in [-0.39, 0.29) is 11.8 Å². The summed E-state index contributed by atoms with van der Waals surface area (Å²) in [5.74, 6) is -0.623. The zero-order valence-corrected chi connectivity index (χ0v) is 13.2. The molecule has 0 bridgehead atoms. The van der Waals surface area contributed by atoms with Crippen LogP contribution in [0.3, 0.4) is 0 Å². The maximum atomic E-state index is 11.7. The van der Waals surface area contributed by atoms with E-state index < -0.39 is 0 Å². The largest absolute Gasteiger partial charge is 0.269 e. The SMILES string of the molecule is CC(=Cc1ccc(N2C(=O)C=CC2=O)cc1)c1cccc(Cl)c1. The van der Waals surface area contributed by atoms with Crippen molar-refractivity contribution in [1.82, 2.24) is 0 Å². The Morgan fingerprint density at radius 2 is 1.65 bits per heavy atom. The number of hydrogen-bond acceptors (Lipinski definition) is 2. The number of allylic oxidation sites excluding steroid dienone is 1. The summed E-state index contributed by atoms with van der Waals surface area (Å²) < 4.78 is 0. The standard InChI is InChI=1S/C19H14ClNO2/c1-13(15-3-2-4-16(20)12-15)11-14-5-7-17(8-6-14)21-18(22)9-10-19(21)23/h2-12H,1H3. The number of nitrogens with zero attached hydrogens (tertiary/aromatic N) is 1. The van der Waals surface area contributed by atoms with Crippen molar-refractivity contribution in [3.63, 3.8) is 0 Å². The molecule has 0 saturated carbocycles. The first-order valence-electron chi connectivity index (χ1n) is 7.15. The Bertz CT molecular complexity index is 817. The van der Waals surface area contributed by atoms with Crippen LogP contribution in [0.1, 0.15) is 18.1 Å². The minimum atomic E-state index is -0.312. The maximum Gasteiger partial charge on any atom is 0.258 e. The fourth-order valence-electron chi connectivity index (χ4n) is 2.44. The first-order valence-corrected chi connectivity index (χ1v) is 7.53. The van der Waals surface area contributed by atoms with Gasteiger partial charge >= 0.3 is 0 Å². The van der Waals surface area contributed by atoms with Crippen LogP contribution in [0.2, 0.25) is 5.02 Å². The molecule has 2 aromatic carbocycles. The number of halogens is 1. The average Bonchev–Trinajstić information content (AvgIpc) is 2.87. The van der Waals surface area contributed by atoms with E-state index in [1.54, 1.807) is 12.1 Å². The lowest BCUT2D eigenvalue weighted by atomic mass is 10.0. The van der Waals surface area contributed by atoms with Gasteiger partial charge in [-0.15, -0.1) is 0 Å². The second-order valence-corrected chi connectivity index (χ2v) is 5.71. The normalized spacial score (nSPS) is 14.7. The molecule has 3 nitrogen and oxygen atoms in total. The predicted octanol–water partition coefficient (Wildman–Crippen LogP) is 4.33. The van der Waals surface area contributed by atoms with Crippen molar-refractivity contribution in [3.8, 4) is 0 Å². The zero-order chi connectivity index (χ0) is 16.4. The fourth-order valence-corrected chi connectivity index (χ4v) is 2.63. The number of benzene rings is 2. The van der Waals surface area contributed by atoms with Gasteiger partial charge in [0.25, 0.3) is 11.8 Å². The van der Waals surface area contributed by atoms with Gasteiger partial charge in [-0.05, 0) is 47.9 Å². The van der Waals surface area contributed by atoms with Crippen LogP contribution in [0.4, 0.5) is 5.69 Å². The third kappa shape index (κ3) is 3.25. The molecule has 0 N–H and O–H groups in total. The van der Waals surface area contributed by atoms with Gasteiger partial charge in [-0.1, -0.05) is 41.9 Å². The molecule has 0 fully saturated rings. The van der Waals surface area contributed by atoms with Crippen LogP contribution in [-0.4, -0.2) is 11.8 Å². The molecule has 0 aromatic heterocycles. The number of imide groups is 1. The van der Waals surface area contributed by atoms with Crippen molar-refractivity contribution in [3.05, 3.63) is 76.8 Å². The van der Waals surface area contributed by atoms with Crippen molar-refractivity contribution in [2.24, 2.45) is 0 Å². The summed E-state index contributed by atoms with van der Waals surface area (Å²) in [7, 11) is 0. The molecule has 23 heavy (non-hydrogen) atoms. The van der Waals surface area contributed by atoms with Gasteiger partial charge < -0.3 is 0 Å². The lowest BCUT2D eigenvalue weighted by Gasteiger charge is -2.13. The Morgan fingerprint density at radius 3 is 2.26 bits per heavy atom. The highest BCUT2D eigenvalue weighted by Crippen LogP contribution is 2.23. The molecule has 114 valence electrons. The average molecular weight is 324 g/mol. The minimum Gasteiger partial charge on any atom is -0.269 e. The summed E-state index contributed by atoms with van der Waals surface area (Å²) in [6, 6.07) is 14.9. The van der Waals surface area contributed by atoms with E-state index in [4.69, 9.17) is 11.6 Å². The van der Waals surface area contributed by atoms with Crippen molar-refractivity contribution in [1.29, 1.82) is 0 Å². The van der Waals surface area contributed by atoms with Gasteiger partial charge in [-0.3, -0.25) is 9.59 Å². The molecular weight excluding hydrogens is 310 g/mol. The molecule has 3 rings (SSSR count). The number of anilines is 1. The summed E-state index contributed by atoms with van der Waals surface area (Å²) in [4.78, 5) is 24.5. The lowest BCUT2D eigenvalue weighted by Crippen LogP contribution is -2.29. The highest BCUT2D eigenvalue weighted by molar-refractivity contribution is 6.30. The molecule has 1 aliphatic rings. The molecule has 0 spiro atoms. The molecule has 1 aliphatic heterocycles. The molecule has 2 amide bonds. The minimum absolute atomic E-state index is 0.312. The molecule has 0 atom stereocenters. The number of hydrogen-bond donors (Lipinski definition) is 0. The van der Waals surface area contributed by atoms with E-state index in [1.807, 2.05) is 49.4 Å². The van der Waals surface area contributed by atoms with Crippen molar-refractivity contribution >= 4 is 40.8 Å². The van der Waals surface area contributed by atoms with Crippen LogP contribution in [0.15, 0.2) is 60.7 Å². The van der Waals surface area contributed by atoms with E-state index >= 15 is 0 Å². The maximum absolute atomic E-state index is 11.7. The Kier molecular flexibility index (Phi) is 4.13. The second kappa shape index (κ2) is 6.23. The van der Waals surface area contributed by atoms with E-state index in [9.17, 15) is 9.59 Å². The summed E-state index contributed by atoms with van der Waals surface area (Å²) in [6.07, 6.45) is 4.58. The molecule has 0 saturated heterocycles. The first kappa shape index (κ1) is 15.3. The molecule has 0 aliphatic carbocycles. The topological polar surface area (TPSA) is 37.4 Å². The van der Waals surface area contributed by atoms with Crippen LogP contribution in [0.5, 0.6) is 0 Å². The van der Waals surface area contributed by atoms with Crippen molar-refractivity contribution in [2.45, 2.75) is 6.92 Å². The predicted molar refractivity (Wildman–Crippen MR) is 93.1 cm³/mol. The number of carbonyl (C=O) groups is 2. The Hall–Kier alpha value is -2.65. The molecule has 0 unspecified atom stereocenters. The fraction of sp³-hybridized carbons (Fsp3) is 0.0526. The van der Waals surface area contributed by atoms with Crippen LogP contribution < -0.4 is 4.90 Å². The highest BCUT2D eigenvalue weighted by Gasteiger charge is 2.24. The number of rotatable bonds is 3. The molecule has 0 radical (unpaired) electrons. The highest BCUT2D eigenvalue weighted by atomic mass is 35.5. The second-order valence-electron chi connectivity index (χ2n) is 5.27. The Morgan fingerprint density at radius 1 is 1.00 bits per heavy atom. The molecule has 2 aromatic rings. The zero-order valence-electron chi connectivity index (χ0n) is 12.5. The third-order valence-electron chi connectivity index (χ3n) is 3.62. The summed E-state index contributed by atoms with van der Waals surface area (Å²) >= 11 is 6.01. The molecule has 4 heteroatoms. The van der Waals surface area contributed by atoms with Gasteiger partial charge in [-0.2, -0.15) is 0 Å². The van der Waals surface area contributed by atoms with Gasteiger partial charge in [0.15, 0.2) is 0 Å².